The van der Waals surface area contributed by atoms with Gasteiger partial charge in [-0.2, -0.15) is 0 Å². The van der Waals surface area contributed by atoms with Crippen LogP contribution in [0.15, 0.2) is 54.6 Å². The van der Waals surface area contributed by atoms with Gasteiger partial charge in [-0.1, -0.05) is 42.5 Å². The third-order valence-electron chi connectivity index (χ3n) is 5.12. The SMILES string of the molecule is COC(=O)c1ccc(CNC(=O)[C@H]2CC(=O)N([C@H](C)c3ccccc3)C2)cc1. The number of hydrogen-bond donors (Lipinski definition) is 1. The van der Waals surface area contributed by atoms with E-state index in [1.807, 2.05) is 37.3 Å². The van der Waals surface area contributed by atoms with E-state index < -0.39 is 5.97 Å². The van der Waals surface area contributed by atoms with Crippen LogP contribution in [0, 0.1) is 5.92 Å². The second-order valence-electron chi connectivity index (χ2n) is 6.94. The molecule has 1 fully saturated rings. The van der Waals surface area contributed by atoms with Gasteiger partial charge in [-0.25, -0.2) is 4.79 Å². The molecule has 0 unspecified atom stereocenters. The van der Waals surface area contributed by atoms with E-state index >= 15 is 0 Å². The van der Waals surface area contributed by atoms with E-state index in [4.69, 9.17) is 0 Å². The van der Waals surface area contributed by atoms with Crippen molar-refractivity contribution in [3.05, 3.63) is 71.3 Å². The third kappa shape index (κ3) is 4.39. The first-order valence-corrected chi connectivity index (χ1v) is 9.29. The molecule has 2 aromatic rings. The van der Waals surface area contributed by atoms with Crippen molar-refractivity contribution < 1.29 is 19.1 Å². The molecule has 0 bridgehead atoms. The van der Waals surface area contributed by atoms with Gasteiger partial charge in [0.1, 0.15) is 0 Å². The number of amides is 2. The van der Waals surface area contributed by atoms with Crippen molar-refractivity contribution in [1.82, 2.24) is 10.2 Å². The number of carbonyl (C=O) groups is 3. The van der Waals surface area contributed by atoms with Crippen LogP contribution in [0.2, 0.25) is 0 Å². The average molecular weight is 380 g/mol. The molecule has 1 aliphatic rings. The number of methoxy groups -OCH3 is 1. The lowest BCUT2D eigenvalue weighted by atomic mass is 10.1. The van der Waals surface area contributed by atoms with E-state index in [0.29, 0.717) is 18.7 Å². The highest BCUT2D eigenvalue weighted by Crippen LogP contribution is 2.28. The summed E-state index contributed by atoms with van der Waals surface area (Å²) >= 11 is 0. The van der Waals surface area contributed by atoms with Crippen LogP contribution in [0.4, 0.5) is 0 Å². The standard InChI is InChI=1S/C22H24N2O4/c1-15(17-6-4-3-5-7-17)24-14-19(12-20(24)25)21(26)23-13-16-8-10-18(11-9-16)22(27)28-2/h3-11,15,19H,12-14H2,1-2H3,(H,23,26)/t15-,19+/m1/s1. The molecule has 2 atom stereocenters. The highest BCUT2D eigenvalue weighted by Gasteiger charge is 2.36. The maximum Gasteiger partial charge on any atom is 0.337 e. The molecule has 2 amide bonds. The summed E-state index contributed by atoms with van der Waals surface area (Å²) in [5, 5.41) is 2.89. The van der Waals surface area contributed by atoms with Crippen molar-refractivity contribution in [2.45, 2.75) is 25.9 Å². The van der Waals surface area contributed by atoms with E-state index in [2.05, 4.69) is 10.1 Å². The second kappa shape index (κ2) is 8.69. The van der Waals surface area contributed by atoms with E-state index in [0.717, 1.165) is 11.1 Å². The van der Waals surface area contributed by atoms with Gasteiger partial charge in [0.15, 0.2) is 0 Å². The normalized spacial score (nSPS) is 17.3. The molecule has 3 rings (SSSR count). The number of nitrogens with zero attached hydrogens (tertiary/aromatic N) is 1. The third-order valence-corrected chi connectivity index (χ3v) is 5.12. The molecule has 1 heterocycles. The topological polar surface area (TPSA) is 75.7 Å². The highest BCUT2D eigenvalue weighted by molar-refractivity contribution is 5.90. The Kier molecular flexibility index (Phi) is 6.09. The summed E-state index contributed by atoms with van der Waals surface area (Å²) in [7, 11) is 1.33. The smallest absolute Gasteiger partial charge is 0.337 e. The minimum Gasteiger partial charge on any atom is -0.465 e. The molecule has 6 heteroatoms. The monoisotopic (exact) mass is 380 g/mol. The minimum atomic E-state index is -0.396. The molecule has 0 saturated carbocycles. The molecule has 2 aromatic carbocycles. The highest BCUT2D eigenvalue weighted by atomic mass is 16.5. The van der Waals surface area contributed by atoms with Gasteiger partial charge in [-0.15, -0.1) is 0 Å². The molecule has 1 aliphatic heterocycles. The Labute approximate surface area is 164 Å². The summed E-state index contributed by atoms with van der Waals surface area (Å²) in [6, 6.07) is 16.6. The average Bonchev–Trinajstić information content (AvgIpc) is 3.13. The van der Waals surface area contributed by atoms with Crippen LogP contribution in [0.5, 0.6) is 0 Å². The molecule has 6 nitrogen and oxygen atoms in total. The fourth-order valence-electron chi connectivity index (χ4n) is 3.40. The van der Waals surface area contributed by atoms with E-state index in [9.17, 15) is 14.4 Å². The summed E-state index contributed by atoms with van der Waals surface area (Å²) in [5.74, 6) is -0.882. The predicted molar refractivity (Wildman–Crippen MR) is 104 cm³/mol. The first kappa shape index (κ1) is 19.6. The zero-order valence-corrected chi connectivity index (χ0v) is 16.1. The van der Waals surface area contributed by atoms with Crippen molar-refractivity contribution in [2.24, 2.45) is 5.92 Å². The Bertz CT molecular complexity index is 849. The summed E-state index contributed by atoms with van der Waals surface area (Å²) in [4.78, 5) is 38.2. The van der Waals surface area contributed by atoms with Gasteiger partial charge in [0.2, 0.25) is 11.8 Å². The largest absolute Gasteiger partial charge is 0.465 e. The van der Waals surface area contributed by atoms with Gasteiger partial charge in [0.25, 0.3) is 0 Å². The van der Waals surface area contributed by atoms with Gasteiger partial charge in [0.05, 0.1) is 24.6 Å². The number of benzene rings is 2. The van der Waals surface area contributed by atoms with Crippen LogP contribution in [0.1, 0.15) is 40.9 Å². The van der Waals surface area contributed by atoms with Gasteiger partial charge >= 0.3 is 5.97 Å². The summed E-state index contributed by atoms with van der Waals surface area (Å²) in [6.45, 7) is 2.75. The molecule has 0 radical (unpaired) electrons. The molecular weight excluding hydrogens is 356 g/mol. The minimum absolute atomic E-state index is 0.000987. The Hall–Kier alpha value is -3.15. The first-order valence-electron chi connectivity index (χ1n) is 9.29. The van der Waals surface area contributed by atoms with Crippen molar-refractivity contribution >= 4 is 17.8 Å². The molecule has 1 saturated heterocycles. The van der Waals surface area contributed by atoms with E-state index in [1.54, 1.807) is 29.2 Å². The molecule has 1 N–H and O–H groups in total. The van der Waals surface area contributed by atoms with Crippen molar-refractivity contribution in [2.75, 3.05) is 13.7 Å². The lowest BCUT2D eigenvalue weighted by molar-refractivity contribution is -0.130. The van der Waals surface area contributed by atoms with Crippen LogP contribution in [0.25, 0.3) is 0 Å². The number of esters is 1. The second-order valence-corrected chi connectivity index (χ2v) is 6.94. The van der Waals surface area contributed by atoms with E-state index in [-0.39, 0.29) is 30.2 Å². The Morgan fingerprint density at radius 3 is 2.46 bits per heavy atom. The maximum atomic E-state index is 12.5. The van der Waals surface area contributed by atoms with Crippen LogP contribution in [-0.2, 0) is 20.9 Å². The number of rotatable bonds is 6. The summed E-state index contributed by atoms with van der Waals surface area (Å²) < 4.78 is 4.67. The fraction of sp³-hybridized carbons (Fsp3) is 0.318. The van der Waals surface area contributed by atoms with E-state index in [1.165, 1.54) is 7.11 Å². The maximum absolute atomic E-state index is 12.5. The van der Waals surface area contributed by atoms with Crippen molar-refractivity contribution in [1.29, 1.82) is 0 Å². The number of likely N-dealkylation sites (tertiary alicyclic amines) is 1. The molecule has 146 valence electrons. The number of hydrogen-bond acceptors (Lipinski definition) is 4. The lowest BCUT2D eigenvalue weighted by Gasteiger charge is -2.25. The van der Waals surface area contributed by atoms with Crippen LogP contribution >= 0.6 is 0 Å². The first-order chi connectivity index (χ1) is 13.5. The number of carbonyl (C=O) groups excluding carboxylic acids is 3. The van der Waals surface area contributed by atoms with Gasteiger partial charge in [-0.3, -0.25) is 9.59 Å². The van der Waals surface area contributed by atoms with Crippen LogP contribution in [-0.4, -0.2) is 36.3 Å². The number of ether oxygens (including phenoxy) is 1. The zero-order chi connectivity index (χ0) is 20.1. The Morgan fingerprint density at radius 1 is 1.14 bits per heavy atom. The summed E-state index contributed by atoms with van der Waals surface area (Å²) in [5.41, 5.74) is 2.40. The molecule has 0 aromatic heterocycles. The fourth-order valence-corrected chi connectivity index (χ4v) is 3.40. The van der Waals surface area contributed by atoms with Crippen LogP contribution in [0.3, 0.4) is 0 Å². The summed E-state index contributed by atoms with van der Waals surface area (Å²) in [6.07, 6.45) is 0.226. The Balaban J connectivity index is 1.55. The van der Waals surface area contributed by atoms with Crippen LogP contribution < -0.4 is 5.32 Å². The lowest BCUT2D eigenvalue weighted by Crippen LogP contribution is -2.33. The van der Waals surface area contributed by atoms with Gasteiger partial charge < -0.3 is 15.0 Å². The molecule has 28 heavy (non-hydrogen) atoms. The molecule has 0 aliphatic carbocycles. The number of nitrogens with one attached hydrogen (secondary N) is 1. The quantitative estimate of drug-likeness (QED) is 0.782. The van der Waals surface area contributed by atoms with Crippen molar-refractivity contribution in [3.8, 4) is 0 Å². The van der Waals surface area contributed by atoms with Crippen molar-refractivity contribution in [3.63, 3.8) is 0 Å². The van der Waals surface area contributed by atoms with Gasteiger partial charge in [0, 0.05) is 19.5 Å². The van der Waals surface area contributed by atoms with Gasteiger partial charge in [-0.05, 0) is 30.2 Å². The molecular formula is C22H24N2O4. The zero-order valence-electron chi connectivity index (χ0n) is 16.1. The Morgan fingerprint density at radius 2 is 1.82 bits per heavy atom. The predicted octanol–water partition coefficient (Wildman–Crippen LogP) is 2.70. The molecule has 0 spiro atoms.